The van der Waals surface area contributed by atoms with Gasteiger partial charge in [0.1, 0.15) is 6.61 Å². The van der Waals surface area contributed by atoms with Crippen molar-refractivity contribution in [2.45, 2.75) is 32.4 Å². The van der Waals surface area contributed by atoms with Crippen molar-refractivity contribution in [3.05, 3.63) is 34.4 Å². The van der Waals surface area contributed by atoms with Crippen LogP contribution in [0.1, 0.15) is 29.2 Å². The van der Waals surface area contributed by atoms with Gasteiger partial charge in [-0.3, -0.25) is 9.59 Å². The molecule has 8 heteroatoms. The van der Waals surface area contributed by atoms with Crippen molar-refractivity contribution in [3.8, 4) is 0 Å². The lowest BCUT2D eigenvalue weighted by atomic mass is 9.92. The first-order valence-electron chi connectivity index (χ1n) is 7.28. The lowest BCUT2D eigenvalue weighted by Crippen LogP contribution is -2.19. The molecule has 0 radical (unpaired) electrons. The first-order valence-corrected chi connectivity index (χ1v) is 7.28. The van der Waals surface area contributed by atoms with Gasteiger partial charge in [-0.2, -0.15) is 13.2 Å². The van der Waals surface area contributed by atoms with Crippen LogP contribution in [0.4, 0.5) is 13.2 Å². The molecule has 0 saturated carbocycles. The van der Waals surface area contributed by atoms with Gasteiger partial charge in [-0.25, -0.2) is 0 Å². The van der Waals surface area contributed by atoms with Gasteiger partial charge in [0.2, 0.25) is 0 Å². The maximum Gasteiger partial charge on any atom is 0.416 e. The summed E-state index contributed by atoms with van der Waals surface area (Å²) in [6.07, 6.45) is -5.36. The second-order valence-electron chi connectivity index (χ2n) is 5.01. The summed E-state index contributed by atoms with van der Waals surface area (Å²) in [6, 6.07) is 2.43. The maximum absolute atomic E-state index is 13.3. The summed E-state index contributed by atoms with van der Waals surface area (Å²) in [5, 5.41) is 8.63. The van der Waals surface area contributed by atoms with Gasteiger partial charge in [-0.15, -0.1) is 0 Å². The number of hydrogen-bond donors (Lipinski definition) is 1. The summed E-state index contributed by atoms with van der Waals surface area (Å²) in [5.41, 5.74) is -0.805. The number of methoxy groups -OCH3 is 1. The highest BCUT2D eigenvalue weighted by Crippen LogP contribution is 2.35. The second kappa shape index (κ2) is 8.68. The number of aliphatic hydroxyl groups excluding tert-OH is 1. The van der Waals surface area contributed by atoms with E-state index in [1.807, 2.05) is 0 Å². The first-order chi connectivity index (χ1) is 11.2. The van der Waals surface area contributed by atoms with Crippen LogP contribution in [-0.2, 0) is 44.5 Å². The molecule has 0 aromatic heterocycles. The predicted octanol–water partition coefficient (Wildman–Crippen LogP) is 2.06. The third-order valence-corrected chi connectivity index (χ3v) is 3.35. The van der Waals surface area contributed by atoms with E-state index in [-0.39, 0.29) is 24.3 Å². The van der Waals surface area contributed by atoms with E-state index in [4.69, 9.17) is 9.84 Å². The molecule has 0 bridgehead atoms. The van der Waals surface area contributed by atoms with Gasteiger partial charge in [0.25, 0.3) is 0 Å². The van der Waals surface area contributed by atoms with E-state index >= 15 is 0 Å². The summed E-state index contributed by atoms with van der Waals surface area (Å²) in [7, 11) is 1.07. The van der Waals surface area contributed by atoms with Crippen molar-refractivity contribution >= 4 is 11.9 Å². The summed E-state index contributed by atoms with van der Waals surface area (Å²) in [6.45, 7) is 1.05. The molecule has 0 unspecified atom stereocenters. The number of aryl methyl sites for hydroxylation is 1. The zero-order chi connectivity index (χ0) is 18.3. The Morgan fingerprint density at radius 1 is 1.17 bits per heavy atom. The van der Waals surface area contributed by atoms with Crippen molar-refractivity contribution in [3.63, 3.8) is 0 Å². The number of carbonyl (C=O) groups excluding carboxylic acids is 2. The molecule has 24 heavy (non-hydrogen) atoms. The zero-order valence-corrected chi connectivity index (χ0v) is 13.4. The minimum atomic E-state index is -4.67. The molecule has 5 nitrogen and oxygen atoms in total. The molecule has 0 amide bonds. The third-order valence-electron chi connectivity index (χ3n) is 3.35. The Morgan fingerprint density at radius 3 is 2.33 bits per heavy atom. The standard InChI is InChI=1S/C16H19F3O5/c1-3-10-6-11(8-15(22)24-5-4-20)12(9-14(21)23-2)13(7-10)16(17,18)19/h6-7,20H,3-5,8-9H2,1-2H3. The largest absolute Gasteiger partial charge is 0.469 e. The van der Waals surface area contributed by atoms with Gasteiger partial charge in [0, 0.05) is 0 Å². The number of rotatable bonds is 7. The molecule has 1 N–H and O–H groups in total. The molecule has 1 aromatic carbocycles. The van der Waals surface area contributed by atoms with Gasteiger partial charge < -0.3 is 14.6 Å². The Morgan fingerprint density at radius 2 is 1.83 bits per heavy atom. The lowest BCUT2D eigenvalue weighted by molar-refractivity contribution is -0.145. The van der Waals surface area contributed by atoms with Gasteiger partial charge in [0.05, 0.1) is 32.1 Å². The molecule has 0 heterocycles. The Labute approximate surface area is 137 Å². The van der Waals surface area contributed by atoms with Crippen LogP contribution >= 0.6 is 0 Å². The van der Waals surface area contributed by atoms with E-state index in [1.165, 1.54) is 6.07 Å². The minimum Gasteiger partial charge on any atom is -0.469 e. The van der Waals surface area contributed by atoms with E-state index in [0.717, 1.165) is 13.2 Å². The Bertz CT molecular complexity index is 596. The van der Waals surface area contributed by atoms with Gasteiger partial charge in [-0.05, 0) is 29.2 Å². The molecule has 0 fully saturated rings. The molecule has 0 aliphatic heterocycles. The Hall–Kier alpha value is -2.09. The Balaban J connectivity index is 3.35. The third kappa shape index (κ3) is 5.52. The van der Waals surface area contributed by atoms with Crippen LogP contribution in [-0.4, -0.2) is 37.4 Å². The normalized spacial score (nSPS) is 11.2. The molecule has 0 aliphatic carbocycles. The molecule has 0 spiro atoms. The molecular weight excluding hydrogens is 329 g/mol. The fourth-order valence-electron chi connectivity index (χ4n) is 2.20. The molecule has 0 saturated heterocycles. The fourth-order valence-corrected chi connectivity index (χ4v) is 2.20. The average molecular weight is 348 g/mol. The number of benzene rings is 1. The molecule has 0 atom stereocenters. The number of halogens is 3. The van der Waals surface area contributed by atoms with Gasteiger partial charge >= 0.3 is 18.1 Å². The van der Waals surface area contributed by atoms with Crippen molar-refractivity contribution in [1.82, 2.24) is 0 Å². The van der Waals surface area contributed by atoms with Gasteiger partial charge in [-0.1, -0.05) is 13.0 Å². The minimum absolute atomic E-state index is 0.0648. The number of hydrogen-bond acceptors (Lipinski definition) is 5. The monoisotopic (exact) mass is 348 g/mol. The van der Waals surface area contributed by atoms with E-state index < -0.39 is 36.5 Å². The predicted molar refractivity (Wildman–Crippen MR) is 78.3 cm³/mol. The van der Waals surface area contributed by atoms with Crippen LogP contribution in [0.5, 0.6) is 0 Å². The number of alkyl halides is 3. The zero-order valence-electron chi connectivity index (χ0n) is 13.4. The highest BCUT2D eigenvalue weighted by atomic mass is 19.4. The van der Waals surface area contributed by atoms with Crippen LogP contribution in [0.3, 0.4) is 0 Å². The smallest absolute Gasteiger partial charge is 0.416 e. The number of carbonyl (C=O) groups is 2. The van der Waals surface area contributed by atoms with Crippen molar-refractivity contribution in [2.75, 3.05) is 20.3 Å². The topological polar surface area (TPSA) is 72.8 Å². The van der Waals surface area contributed by atoms with Crippen molar-refractivity contribution in [1.29, 1.82) is 0 Å². The Kier molecular flexibility index (Phi) is 7.21. The maximum atomic E-state index is 13.3. The van der Waals surface area contributed by atoms with Crippen LogP contribution in [0.15, 0.2) is 12.1 Å². The van der Waals surface area contributed by atoms with E-state index in [1.54, 1.807) is 6.92 Å². The first kappa shape index (κ1) is 20.0. The molecular formula is C16H19F3O5. The van der Waals surface area contributed by atoms with E-state index in [2.05, 4.69) is 4.74 Å². The van der Waals surface area contributed by atoms with Crippen LogP contribution in [0.25, 0.3) is 0 Å². The SMILES string of the molecule is CCc1cc(CC(=O)OCCO)c(CC(=O)OC)c(C(F)(F)F)c1. The summed E-state index contributed by atoms with van der Waals surface area (Å²) < 4.78 is 49.2. The van der Waals surface area contributed by atoms with Crippen LogP contribution in [0, 0.1) is 0 Å². The number of aliphatic hydroxyl groups is 1. The highest BCUT2D eigenvalue weighted by molar-refractivity contribution is 5.77. The second-order valence-corrected chi connectivity index (χ2v) is 5.01. The number of ether oxygens (including phenoxy) is 2. The average Bonchev–Trinajstić information content (AvgIpc) is 2.52. The molecule has 1 rings (SSSR count). The van der Waals surface area contributed by atoms with Crippen LogP contribution in [0.2, 0.25) is 0 Å². The molecule has 1 aromatic rings. The van der Waals surface area contributed by atoms with Gasteiger partial charge in [0.15, 0.2) is 0 Å². The molecule has 134 valence electrons. The summed E-state index contributed by atoms with van der Waals surface area (Å²) in [5.74, 6) is -1.62. The van der Waals surface area contributed by atoms with E-state index in [9.17, 15) is 22.8 Å². The summed E-state index contributed by atoms with van der Waals surface area (Å²) >= 11 is 0. The molecule has 0 aliphatic rings. The van der Waals surface area contributed by atoms with Crippen LogP contribution < -0.4 is 0 Å². The lowest BCUT2D eigenvalue weighted by Gasteiger charge is -2.18. The highest BCUT2D eigenvalue weighted by Gasteiger charge is 2.35. The summed E-state index contributed by atoms with van der Waals surface area (Å²) in [4.78, 5) is 23.2. The quantitative estimate of drug-likeness (QED) is 0.764. The van der Waals surface area contributed by atoms with E-state index in [0.29, 0.717) is 12.0 Å². The fraction of sp³-hybridized carbons (Fsp3) is 0.500. The van der Waals surface area contributed by atoms with Crippen molar-refractivity contribution in [2.24, 2.45) is 0 Å². The number of esters is 2. The van der Waals surface area contributed by atoms with Crippen molar-refractivity contribution < 1.29 is 37.3 Å².